The fraction of sp³-hybridized carbons (Fsp3) is 0.333. The van der Waals surface area contributed by atoms with Gasteiger partial charge in [-0.3, -0.25) is 9.59 Å². The van der Waals surface area contributed by atoms with Crippen molar-refractivity contribution in [2.24, 2.45) is 0 Å². The highest BCUT2D eigenvalue weighted by Crippen LogP contribution is 2.28. The zero-order valence-electron chi connectivity index (χ0n) is 20.1. The van der Waals surface area contributed by atoms with Gasteiger partial charge in [0.1, 0.15) is 11.5 Å². The Kier molecular flexibility index (Phi) is 9.14. The number of methoxy groups -OCH3 is 1. The van der Waals surface area contributed by atoms with Crippen molar-refractivity contribution in [3.63, 3.8) is 0 Å². The average molecular weight is 464 g/mol. The molecular weight excluding hydrogens is 430 g/mol. The van der Waals surface area contributed by atoms with Gasteiger partial charge in [-0.25, -0.2) is 0 Å². The molecule has 7 heteroatoms. The van der Waals surface area contributed by atoms with E-state index in [1.54, 1.807) is 30.5 Å². The third-order valence-corrected chi connectivity index (χ3v) is 5.44. The van der Waals surface area contributed by atoms with Crippen LogP contribution >= 0.6 is 0 Å². The van der Waals surface area contributed by atoms with Gasteiger partial charge < -0.3 is 24.7 Å². The van der Waals surface area contributed by atoms with Crippen LogP contribution in [0.2, 0.25) is 0 Å². The van der Waals surface area contributed by atoms with Gasteiger partial charge in [-0.05, 0) is 55.3 Å². The number of nitrogens with zero attached hydrogens (tertiary/aromatic N) is 1. The van der Waals surface area contributed by atoms with Crippen LogP contribution in [0.1, 0.15) is 59.6 Å². The molecule has 0 saturated heterocycles. The molecule has 0 radical (unpaired) electrons. The van der Waals surface area contributed by atoms with Crippen LogP contribution in [-0.4, -0.2) is 32.0 Å². The van der Waals surface area contributed by atoms with Crippen LogP contribution < -0.4 is 20.3 Å². The van der Waals surface area contributed by atoms with Gasteiger partial charge in [0.2, 0.25) is 0 Å². The zero-order chi connectivity index (χ0) is 24.3. The minimum Gasteiger partial charge on any atom is -0.496 e. The topological polar surface area (TPSA) is 83.8 Å². The van der Waals surface area contributed by atoms with Crippen molar-refractivity contribution in [2.75, 3.05) is 30.4 Å². The molecule has 0 aliphatic rings. The summed E-state index contributed by atoms with van der Waals surface area (Å²) in [6.07, 6.45) is 4.48. The summed E-state index contributed by atoms with van der Waals surface area (Å²) in [7, 11) is 1.53. The van der Waals surface area contributed by atoms with Crippen molar-refractivity contribution in [2.45, 2.75) is 39.7 Å². The minimum atomic E-state index is -0.302. The fourth-order valence-electron chi connectivity index (χ4n) is 3.66. The molecule has 2 amide bonds. The van der Waals surface area contributed by atoms with E-state index in [-0.39, 0.29) is 11.8 Å². The molecule has 2 N–H and O–H groups in total. The maximum Gasteiger partial charge on any atom is 0.259 e. The van der Waals surface area contributed by atoms with Crippen LogP contribution in [0.25, 0.3) is 0 Å². The summed E-state index contributed by atoms with van der Waals surface area (Å²) in [6, 6.07) is 16.3. The second-order valence-electron chi connectivity index (χ2n) is 8.00. The van der Waals surface area contributed by atoms with E-state index in [1.165, 1.54) is 7.11 Å². The Morgan fingerprint density at radius 1 is 0.971 bits per heavy atom. The number of nitrogens with one attached hydrogen (secondary N) is 2. The molecule has 1 aromatic heterocycles. The Balaban J connectivity index is 1.94. The Bertz CT molecular complexity index is 1080. The summed E-state index contributed by atoms with van der Waals surface area (Å²) in [4.78, 5) is 28.2. The molecule has 3 aromatic rings. The normalized spacial score (nSPS) is 10.6. The lowest BCUT2D eigenvalue weighted by atomic mass is 10.1. The van der Waals surface area contributed by atoms with Crippen LogP contribution in [-0.2, 0) is 6.54 Å². The molecule has 0 fully saturated rings. The third-order valence-electron chi connectivity index (χ3n) is 5.44. The van der Waals surface area contributed by atoms with Gasteiger partial charge in [0.25, 0.3) is 11.8 Å². The molecule has 180 valence electrons. The van der Waals surface area contributed by atoms with Gasteiger partial charge in [-0.1, -0.05) is 32.4 Å². The summed E-state index contributed by atoms with van der Waals surface area (Å²) < 4.78 is 10.9. The summed E-state index contributed by atoms with van der Waals surface area (Å²) in [5, 5.41) is 5.87. The molecule has 0 atom stereocenters. The Labute approximate surface area is 201 Å². The predicted octanol–water partition coefficient (Wildman–Crippen LogP) is 5.49. The van der Waals surface area contributed by atoms with Crippen LogP contribution in [0.4, 0.5) is 11.4 Å². The Morgan fingerprint density at radius 2 is 1.79 bits per heavy atom. The lowest BCUT2D eigenvalue weighted by Gasteiger charge is -2.26. The first-order valence-electron chi connectivity index (χ1n) is 11.7. The van der Waals surface area contributed by atoms with Gasteiger partial charge in [0.15, 0.2) is 0 Å². The highest BCUT2D eigenvalue weighted by atomic mass is 16.5. The second kappa shape index (κ2) is 12.5. The van der Waals surface area contributed by atoms with Crippen molar-refractivity contribution in [3.8, 4) is 5.75 Å². The number of amides is 2. The Hall–Kier alpha value is -3.74. The number of hydrogen-bond donors (Lipinski definition) is 2. The van der Waals surface area contributed by atoms with Crippen LogP contribution in [0, 0.1) is 0 Å². The fourth-order valence-corrected chi connectivity index (χ4v) is 3.66. The van der Waals surface area contributed by atoms with E-state index >= 15 is 0 Å². The van der Waals surface area contributed by atoms with Crippen LogP contribution in [0.5, 0.6) is 5.75 Å². The summed E-state index contributed by atoms with van der Waals surface area (Å²) in [5.41, 5.74) is 2.27. The van der Waals surface area contributed by atoms with E-state index in [1.807, 2.05) is 37.3 Å². The maximum atomic E-state index is 13.1. The number of carbonyl (C=O) groups excluding carboxylic acids is 2. The van der Waals surface area contributed by atoms with Gasteiger partial charge in [0.05, 0.1) is 36.7 Å². The molecule has 0 bridgehead atoms. The molecule has 34 heavy (non-hydrogen) atoms. The number of anilines is 2. The first kappa shape index (κ1) is 24.9. The lowest BCUT2D eigenvalue weighted by molar-refractivity contribution is 0.0952. The summed E-state index contributed by atoms with van der Waals surface area (Å²) in [6.45, 7) is 6.04. The highest BCUT2D eigenvalue weighted by Gasteiger charge is 2.20. The number of hydrogen-bond acceptors (Lipinski definition) is 5. The van der Waals surface area contributed by atoms with Crippen molar-refractivity contribution in [1.82, 2.24) is 5.32 Å². The standard InChI is InChI=1S/C27H33N3O4/c1-4-6-16-30(19-21-10-9-17-34-21)24-14-13-20(18-23(24)26(31)28-15-5-2)29-27(32)22-11-7-8-12-25(22)33-3/h7-14,17-18H,4-6,15-16,19H2,1-3H3,(H,28,31)(H,29,32). The van der Waals surface area contributed by atoms with Gasteiger partial charge in [-0.2, -0.15) is 0 Å². The predicted molar refractivity (Wildman–Crippen MR) is 135 cm³/mol. The van der Waals surface area contributed by atoms with E-state index < -0.39 is 0 Å². The monoisotopic (exact) mass is 463 g/mol. The van der Waals surface area contributed by atoms with Gasteiger partial charge >= 0.3 is 0 Å². The molecule has 3 rings (SSSR count). The second-order valence-corrected chi connectivity index (χ2v) is 8.00. The van der Waals surface area contributed by atoms with Gasteiger partial charge in [-0.15, -0.1) is 0 Å². The summed E-state index contributed by atoms with van der Waals surface area (Å²) >= 11 is 0. The Morgan fingerprint density at radius 3 is 2.50 bits per heavy atom. The maximum absolute atomic E-state index is 13.1. The number of rotatable bonds is 12. The minimum absolute atomic E-state index is 0.175. The van der Waals surface area contributed by atoms with E-state index in [4.69, 9.17) is 9.15 Å². The molecule has 7 nitrogen and oxygen atoms in total. The van der Waals surface area contributed by atoms with E-state index in [2.05, 4.69) is 22.5 Å². The summed E-state index contributed by atoms with van der Waals surface area (Å²) in [5.74, 6) is 0.834. The van der Waals surface area contributed by atoms with Crippen molar-refractivity contribution >= 4 is 23.2 Å². The number of furan rings is 1. The van der Waals surface area contributed by atoms with Crippen LogP contribution in [0.15, 0.2) is 65.3 Å². The molecule has 0 unspecified atom stereocenters. The molecule has 0 saturated carbocycles. The average Bonchev–Trinajstić information content (AvgIpc) is 3.38. The molecule has 1 heterocycles. The molecule has 0 aliphatic heterocycles. The SMILES string of the molecule is CCCCN(Cc1ccco1)c1ccc(NC(=O)c2ccccc2OC)cc1C(=O)NCCC. The quantitative estimate of drug-likeness (QED) is 0.371. The largest absolute Gasteiger partial charge is 0.496 e. The number of ether oxygens (including phenoxy) is 1. The van der Waals surface area contributed by atoms with Crippen LogP contribution in [0.3, 0.4) is 0 Å². The first-order valence-corrected chi connectivity index (χ1v) is 11.7. The number of carbonyl (C=O) groups is 2. The van der Waals surface area contributed by atoms with E-state index in [0.717, 1.165) is 37.3 Å². The van der Waals surface area contributed by atoms with Crippen molar-refractivity contribution in [1.29, 1.82) is 0 Å². The lowest BCUT2D eigenvalue weighted by Crippen LogP contribution is -2.30. The number of unbranched alkanes of at least 4 members (excludes halogenated alkanes) is 1. The van der Waals surface area contributed by atoms with E-state index in [0.29, 0.717) is 35.7 Å². The third kappa shape index (κ3) is 6.41. The molecule has 0 aliphatic carbocycles. The van der Waals surface area contributed by atoms with Gasteiger partial charge in [0, 0.05) is 18.8 Å². The highest BCUT2D eigenvalue weighted by molar-refractivity contribution is 6.07. The smallest absolute Gasteiger partial charge is 0.259 e. The number of para-hydroxylation sites is 1. The zero-order valence-corrected chi connectivity index (χ0v) is 20.1. The van der Waals surface area contributed by atoms with E-state index in [9.17, 15) is 9.59 Å². The molecular formula is C27H33N3O4. The molecule has 2 aromatic carbocycles. The van der Waals surface area contributed by atoms with Crippen molar-refractivity contribution in [3.05, 3.63) is 77.7 Å². The first-order chi connectivity index (χ1) is 16.6. The van der Waals surface area contributed by atoms with Crippen molar-refractivity contribution < 1.29 is 18.7 Å². The molecule has 0 spiro atoms. The number of benzene rings is 2.